The number of carbonyl (C=O) groups is 1. The fourth-order valence-corrected chi connectivity index (χ4v) is 2.45. The molecule has 0 aliphatic carbocycles. The number of thiophene rings is 1. The molecule has 1 aromatic heterocycles. The van der Waals surface area contributed by atoms with Crippen LogP contribution in [0.3, 0.4) is 0 Å². The van der Waals surface area contributed by atoms with Gasteiger partial charge >= 0.3 is 12.6 Å². The van der Waals surface area contributed by atoms with E-state index in [0.29, 0.717) is 10.4 Å². The molecular weight excluding hydrogens is 276 g/mol. The second-order valence-corrected chi connectivity index (χ2v) is 4.66. The van der Waals surface area contributed by atoms with Gasteiger partial charge in [-0.25, -0.2) is 4.79 Å². The summed E-state index contributed by atoms with van der Waals surface area (Å²) < 4.78 is 28.5. The molecule has 0 aliphatic heterocycles. The van der Waals surface area contributed by atoms with E-state index in [1.807, 2.05) is 0 Å². The SMILES string of the molecule is Nc1cc(-c2cccc(OC(F)F)c2)sc1C(=O)O. The van der Waals surface area contributed by atoms with Crippen molar-refractivity contribution in [1.82, 2.24) is 0 Å². The highest BCUT2D eigenvalue weighted by Crippen LogP contribution is 2.34. The van der Waals surface area contributed by atoms with Crippen molar-refractivity contribution in [2.45, 2.75) is 6.61 Å². The third-order valence-electron chi connectivity index (χ3n) is 2.30. The van der Waals surface area contributed by atoms with Crippen LogP contribution in [0.25, 0.3) is 10.4 Å². The standard InChI is InChI=1S/C12H9F2NO3S/c13-12(14)18-7-3-1-2-6(4-7)9-5-8(15)10(19-9)11(16)17/h1-5,12H,15H2,(H,16,17). The molecule has 2 rings (SSSR count). The Balaban J connectivity index is 2.36. The molecule has 0 bridgehead atoms. The lowest BCUT2D eigenvalue weighted by molar-refractivity contribution is -0.0498. The first-order valence-electron chi connectivity index (χ1n) is 5.15. The fraction of sp³-hybridized carbons (Fsp3) is 0.0833. The number of nitrogens with two attached hydrogens (primary N) is 1. The highest BCUT2D eigenvalue weighted by atomic mass is 32.1. The van der Waals surface area contributed by atoms with E-state index in [0.717, 1.165) is 11.3 Å². The van der Waals surface area contributed by atoms with Gasteiger partial charge in [0.2, 0.25) is 0 Å². The summed E-state index contributed by atoms with van der Waals surface area (Å²) in [5, 5.41) is 8.91. The zero-order chi connectivity index (χ0) is 14.0. The largest absolute Gasteiger partial charge is 0.477 e. The Morgan fingerprint density at radius 2 is 2.11 bits per heavy atom. The van der Waals surface area contributed by atoms with E-state index in [9.17, 15) is 13.6 Å². The molecule has 3 N–H and O–H groups in total. The minimum atomic E-state index is -2.90. The number of anilines is 1. The molecule has 1 aromatic carbocycles. The predicted molar refractivity (Wildman–Crippen MR) is 67.8 cm³/mol. The number of carboxylic acid groups (broad SMARTS) is 1. The number of alkyl halides is 2. The topological polar surface area (TPSA) is 72.5 Å². The van der Waals surface area contributed by atoms with Gasteiger partial charge < -0.3 is 15.6 Å². The van der Waals surface area contributed by atoms with E-state index in [4.69, 9.17) is 10.8 Å². The first-order chi connectivity index (χ1) is 8.97. The zero-order valence-corrected chi connectivity index (χ0v) is 10.3. The van der Waals surface area contributed by atoms with Crippen LogP contribution in [0.1, 0.15) is 9.67 Å². The molecule has 0 aliphatic rings. The van der Waals surface area contributed by atoms with Crippen molar-refractivity contribution in [3.05, 3.63) is 35.2 Å². The Morgan fingerprint density at radius 3 is 2.68 bits per heavy atom. The van der Waals surface area contributed by atoms with Gasteiger partial charge in [-0.05, 0) is 23.8 Å². The number of carboxylic acids is 1. The van der Waals surface area contributed by atoms with Crippen LogP contribution in [-0.4, -0.2) is 17.7 Å². The Hall–Kier alpha value is -2.15. The molecule has 2 aromatic rings. The summed E-state index contributed by atoms with van der Waals surface area (Å²) in [6.07, 6.45) is 0. The van der Waals surface area contributed by atoms with Gasteiger partial charge in [0.05, 0.1) is 5.69 Å². The monoisotopic (exact) mass is 285 g/mol. The van der Waals surface area contributed by atoms with Crippen molar-refractivity contribution in [3.63, 3.8) is 0 Å². The van der Waals surface area contributed by atoms with E-state index >= 15 is 0 Å². The van der Waals surface area contributed by atoms with Crippen LogP contribution in [0.15, 0.2) is 30.3 Å². The average molecular weight is 285 g/mol. The summed E-state index contributed by atoms with van der Waals surface area (Å²) in [5.41, 5.74) is 6.29. The predicted octanol–water partition coefficient (Wildman–Crippen LogP) is 3.30. The van der Waals surface area contributed by atoms with E-state index in [1.165, 1.54) is 18.2 Å². The molecule has 100 valence electrons. The summed E-state index contributed by atoms with van der Waals surface area (Å²) in [4.78, 5) is 11.5. The lowest BCUT2D eigenvalue weighted by Gasteiger charge is -2.05. The van der Waals surface area contributed by atoms with Crippen molar-refractivity contribution >= 4 is 23.0 Å². The van der Waals surface area contributed by atoms with Crippen LogP contribution in [0.5, 0.6) is 5.75 Å². The molecular formula is C12H9F2NO3S. The van der Waals surface area contributed by atoms with E-state index in [1.54, 1.807) is 12.1 Å². The van der Waals surface area contributed by atoms with Crippen molar-refractivity contribution in [3.8, 4) is 16.2 Å². The van der Waals surface area contributed by atoms with Crippen molar-refractivity contribution in [1.29, 1.82) is 0 Å². The van der Waals surface area contributed by atoms with Gasteiger partial charge in [-0.15, -0.1) is 11.3 Å². The van der Waals surface area contributed by atoms with E-state index in [-0.39, 0.29) is 16.3 Å². The molecule has 19 heavy (non-hydrogen) atoms. The smallest absolute Gasteiger partial charge is 0.387 e. The first-order valence-corrected chi connectivity index (χ1v) is 5.97. The van der Waals surface area contributed by atoms with Crippen molar-refractivity contribution in [2.24, 2.45) is 0 Å². The molecule has 4 nitrogen and oxygen atoms in total. The molecule has 0 atom stereocenters. The maximum absolute atomic E-state index is 12.1. The Labute approximate surface area is 111 Å². The molecule has 0 saturated heterocycles. The molecule has 0 saturated carbocycles. The fourth-order valence-electron chi connectivity index (χ4n) is 1.54. The molecule has 0 fully saturated rings. The molecule has 0 unspecified atom stereocenters. The second-order valence-electron chi connectivity index (χ2n) is 3.61. The van der Waals surface area contributed by atoms with Gasteiger partial charge in [0.15, 0.2) is 0 Å². The van der Waals surface area contributed by atoms with E-state index < -0.39 is 12.6 Å². The third kappa shape index (κ3) is 3.00. The Kier molecular flexibility index (Phi) is 3.66. The van der Waals surface area contributed by atoms with Gasteiger partial charge in [0.1, 0.15) is 10.6 Å². The highest BCUT2D eigenvalue weighted by molar-refractivity contribution is 7.17. The third-order valence-corrected chi connectivity index (χ3v) is 3.49. The Bertz CT molecular complexity index is 613. The first kappa shape index (κ1) is 13.3. The summed E-state index contributed by atoms with van der Waals surface area (Å²) in [7, 11) is 0. The number of rotatable bonds is 4. The normalized spacial score (nSPS) is 10.7. The van der Waals surface area contributed by atoms with Crippen molar-refractivity contribution in [2.75, 3.05) is 5.73 Å². The summed E-state index contributed by atoms with van der Waals surface area (Å²) in [6.45, 7) is -2.90. The quantitative estimate of drug-likeness (QED) is 0.904. The van der Waals surface area contributed by atoms with Crippen LogP contribution in [-0.2, 0) is 0 Å². The van der Waals surface area contributed by atoms with Crippen LogP contribution in [0.2, 0.25) is 0 Å². The number of nitrogen functional groups attached to an aromatic ring is 1. The highest BCUT2D eigenvalue weighted by Gasteiger charge is 2.14. The number of hydrogen-bond donors (Lipinski definition) is 2. The average Bonchev–Trinajstić information content (AvgIpc) is 2.71. The maximum atomic E-state index is 12.1. The molecule has 1 heterocycles. The minimum absolute atomic E-state index is 0.0105. The van der Waals surface area contributed by atoms with Gasteiger partial charge in [0, 0.05) is 4.88 Å². The van der Waals surface area contributed by atoms with Gasteiger partial charge in [-0.2, -0.15) is 8.78 Å². The molecule has 0 amide bonds. The number of hydrogen-bond acceptors (Lipinski definition) is 4. The number of aromatic carboxylic acids is 1. The summed E-state index contributed by atoms with van der Waals surface area (Å²) >= 11 is 0.981. The van der Waals surface area contributed by atoms with Crippen LogP contribution >= 0.6 is 11.3 Å². The van der Waals surface area contributed by atoms with Crippen molar-refractivity contribution < 1.29 is 23.4 Å². The van der Waals surface area contributed by atoms with Gasteiger partial charge in [0.25, 0.3) is 0 Å². The molecule has 7 heteroatoms. The van der Waals surface area contributed by atoms with Gasteiger partial charge in [-0.3, -0.25) is 0 Å². The van der Waals surface area contributed by atoms with Crippen LogP contribution in [0.4, 0.5) is 14.5 Å². The molecule has 0 radical (unpaired) electrons. The summed E-state index contributed by atoms with van der Waals surface area (Å²) in [5.74, 6) is -1.11. The lowest BCUT2D eigenvalue weighted by atomic mass is 10.2. The van der Waals surface area contributed by atoms with Crippen LogP contribution < -0.4 is 10.5 Å². The molecule has 0 spiro atoms. The number of halogens is 2. The maximum Gasteiger partial charge on any atom is 0.387 e. The van der Waals surface area contributed by atoms with Gasteiger partial charge in [-0.1, -0.05) is 12.1 Å². The number of ether oxygens (including phenoxy) is 1. The number of benzene rings is 1. The van der Waals surface area contributed by atoms with Crippen LogP contribution in [0, 0.1) is 0 Å². The lowest BCUT2D eigenvalue weighted by Crippen LogP contribution is -2.01. The van der Waals surface area contributed by atoms with E-state index in [2.05, 4.69) is 4.74 Å². The minimum Gasteiger partial charge on any atom is -0.477 e. The Morgan fingerprint density at radius 1 is 1.37 bits per heavy atom. The second kappa shape index (κ2) is 5.23. The zero-order valence-electron chi connectivity index (χ0n) is 9.47. The summed E-state index contributed by atoms with van der Waals surface area (Å²) in [6, 6.07) is 7.50.